The average Bonchev–Trinajstić information content (AvgIpc) is 3.11. The van der Waals surface area contributed by atoms with Crippen LogP contribution in [-0.2, 0) is 14.1 Å². The highest BCUT2D eigenvalue weighted by atomic mass is 16.5. The highest BCUT2D eigenvalue weighted by Gasteiger charge is 2.23. The van der Waals surface area contributed by atoms with Crippen LogP contribution in [0.3, 0.4) is 0 Å². The minimum Gasteiger partial charge on any atom is -0.494 e. The molecule has 7 heteroatoms. The lowest BCUT2D eigenvalue weighted by Gasteiger charge is -2.08. The predicted octanol–water partition coefficient (Wildman–Crippen LogP) is 3.64. The van der Waals surface area contributed by atoms with E-state index in [2.05, 4.69) is 5.32 Å². The Morgan fingerprint density at radius 2 is 1.76 bits per heavy atom. The van der Waals surface area contributed by atoms with E-state index in [0.29, 0.717) is 29.2 Å². The normalized spacial score (nSPS) is 11.0. The number of para-hydroxylation sites is 1. The van der Waals surface area contributed by atoms with Gasteiger partial charge in [0.1, 0.15) is 11.1 Å². The zero-order valence-corrected chi connectivity index (χ0v) is 16.4. The van der Waals surface area contributed by atoms with Gasteiger partial charge in [-0.25, -0.2) is 4.79 Å². The third-order valence-corrected chi connectivity index (χ3v) is 4.75. The Morgan fingerprint density at radius 3 is 2.48 bits per heavy atom. The van der Waals surface area contributed by atoms with Crippen LogP contribution in [0, 0.1) is 0 Å². The van der Waals surface area contributed by atoms with Gasteiger partial charge in [-0.1, -0.05) is 30.3 Å². The molecule has 0 bridgehead atoms. The molecule has 0 atom stereocenters. The van der Waals surface area contributed by atoms with Crippen LogP contribution in [0.25, 0.3) is 22.2 Å². The van der Waals surface area contributed by atoms with Gasteiger partial charge in [0.15, 0.2) is 0 Å². The summed E-state index contributed by atoms with van der Waals surface area (Å²) in [7, 11) is 3.04. The number of hydrogen-bond donors (Lipinski definition) is 1. The number of fused-ring (bicyclic) bond motifs is 1. The maximum Gasteiger partial charge on any atom is 0.333 e. The fourth-order valence-electron chi connectivity index (χ4n) is 3.34. The zero-order valence-electron chi connectivity index (χ0n) is 16.4. The summed E-state index contributed by atoms with van der Waals surface area (Å²) in [5, 5.41) is 3.57. The zero-order chi connectivity index (χ0) is 20.5. The van der Waals surface area contributed by atoms with Gasteiger partial charge in [-0.15, -0.1) is 0 Å². The molecule has 1 N–H and O–H groups in total. The molecule has 2 aromatic heterocycles. The first-order valence-corrected chi connectivity index (χ1v) is 9.29. The van der Waals surface area contributed by atoms with Crippen molar-refractivity contribution in [3.63, 3.8) is 0 Å². The number of hydrogen-bond acceptors (Lipinski definition) is 5. The summed E-state index contributed by atoms with van der Waals surface area (Å²) in [5.74, 6) is 1.07. The Morgan fingerprint density at radius 1 is 1.00 bits per heavy atom. The average molecular weight is 391 g/mol. The number of ether oxygens (including phenoxy) is 1. The van der Waals surface area contributed by atoms with Gasteiger partial charge < -0.3 is 14.5 Å². The van der Waals surface area contributed by atoms with E-state index < -0.39 is 11.2 Å². The summed E-state index contributed by atoms with van der Waals surface area (Å²) < 4.78 is 14.0. The molecule has 29 heavy (non-hydrogen) atoms. The standard InChI is InChI=1S/C22H21N3O4/c1-4-28-16-12-8-9-14(13-16)17-18-20(26)24(2)22(27)25(3)21(18)29-19(17)23-15-10-6-5-7-11-15/h5-13,23H,4H2,1-3H3. The smallest absolute Gasteiger partial charge is 0.333 e. The molecule has 4 rings (SSSR count). The van der Waals surface area contributed by atoms with Crippen LogP contribution in [0.15, 0.2) is 68.6 Å². The largest absolute Gasteiger partial charge is 0.494 e. The number of aryl methyl sites for hydroxylation is 1. The number of nitrogens with one attached hydrogen (secondary N) is 1. The number of aromatic nitrogens is 2. The molecule has 4 aromatic rings. The summed E-state index contributed by atoms with van der Waals surface area (Å²) in [6.07, 6.45) is 0. The molecule has 0 fully saturated rings. The van der Waals surface area contributed by atoms with Gasteiger partial charge in [-0.05, 0) is 36.8 Å². The molecule has 2 heterocycles. The molecule has 2 aromatic carbocycles. The Balaban J connectivity index is 2.04. The van der Waals surface area contributed by atoms with Crippen molar-refractivity contribution >= 4 is 22.7 Å². The van der Waals surface area contributed by atoms with Crippen molar-refractivity contribution in [3.05, 3.63) is 75.4 Å². The van der Waals surface area contributed by atoms with Crippen LogP contribution in [-0.4, -0.2) is 15.7 Å². The first-order valence-electron chi connectivity index (χ1n) is 9.29. The molecule has 0 spiro atoms. The highest BCUT2D eigenvalue weighted by Crippen LogP contribution is 2.38. The SMILES string of the molecule is CCOc1cccc(-c2c(Nc3ccccc3)oc3c2c(=O)n(C)c(=O)n3C)c1. The van der Waals surface area contributed by atoms with E-state index in [1.54, 1.807) is 7.05 Å². The number of nitrogens with zero attached hydrogens (tertiary/aromatic N) is 2. The summed E-state index contributed by atoms with van der Waals surface area (Å²) in [4.78, 5) is 25.4. The van der Waals surface area contributed by atoms with E-state index >= 15 is 0 Å². The third kappa shape index (κ3) is 3.20. The molecule has 0 radical (unpaired) electrons. The van der Waals surface area contributed by atoms with Crippen LogP contribution in [0.2, 0.25) is 0 Å². The molecule has 0 aliphatic rings. The molecule has 0 saturated heterocycles. The second kappa shape index (κ2) is 7.35. The molecule has 0 unspecified atom stereocenters. The maximum atomic E-state index is 13.0. The number of benzene rings is 2. The summed E-state index contributed by atoms with van der Waals surface area (Å²) in [6, 6.07) is 16.9. The van der Waals surface area contributed by atoms with Gasteiger partial charge in [-0.2, -0.15) is 0 Å². The van der Waals surface area contributed by atoms with E-state index in [1.807, 2.05) is 61.5 Å². The Labute approximate surface area is 166 Å². The van der Waals surface area contributed by atoms with Gasteiger partial charge in [0.2, 0.25) is 11.6 Å². The van der Waals surface area contributed by atoms with Gasteiger partial charge in [0, 0.05) is 19.8 Å². The van der Waals surface area contributed by atoms with Gasteiger partial charge >= 0.3 is 5.69 Å². The van der Waals surface area contributed by atoms with Crippen molar-refractivity contribution in [2.45, 2.75) is 6.92 Å². The van der Waals surface area contributed by atoms with Crippen molar-refractivity contribution in [1.29, 1.82) is 0 Å². The van der Waals surface area contributed by atoms with E-state index in [9.17, 15) is 9.59 Å². The quantitative estimate of drug-likeness (QED) is 0.562. The molecule has 0 aliphatic heterocycles. The molecular formula is C22H21N3O4. The molecule has 7 nitrogen and oxygen atoms in total. The fraction of sp³-hybridized carbons (Fsp3) is 0.182. The number of furan rings is 1. The van der Waals surface area contributed by atoms with Crippen molar-refractivity contribution < 1.29 is 9.15 Å². The maximum absolute atomic E-state index is 13.0. The van der Waals surface area contributed by atoms with Crippen molar-refractivity contribution in [3.8, 4) is 16.9 Å². The van der Waals surface area contributed by atoms with E-state index in [-0.39, 0.29) is 5.71 Å². The first kappa shape index (κ1) is 18.6. The first-order chi connectivity index (χ1) is 14.0. The highest BCUT2D eigenvalue weighted by molar-refractivity contribution is 5.99. The van der Waals surface area contributed by atoms with Gasteiger partial charge in [0.25, 0.3) is 5.56 Å². The predicted molar refractivity (Wildman–Crippen MR) is 113 cm³/mol. The summed E-state index contributed by atoms with van der Waals surface area (Å²) in [6.45, 7) is 2.44. The third-order valence-electron chi connectivity index (χ3n) is 4.75. The Hall–Kier alpha value is -3.74. The van der Waals surface area contributed by atoms with Crippen LogP contribution in [0.5, 0.6) is 5.75 Å². The van der Waals surface area contributed by atoms with Crippen molar-refractivity contribution in [2.75, 3.05) is 11.9 Å². The molecular weight excluding hydrogens is 370 g/mol. The fourth-order valence-corrected chi connectivity index (χ4v) is 3.34. The van der Waals surface area contributed by atoms with Crippen LogP contribution in [0.4, 0.5) is 11.6 Å². The topological polar surface area (TPSA) is 78.4 Å². The lowest BCUT2D eigenvalue weighted by Crippen LogP contribution is -2.36. The molecule has 0 aliphatic carbocycles. The second-order valence-corrected chi connectivity index (χ2v) is 6.64. The van der Waals surface area contributed by atoms with Crippen molar-refractivity contribution in [1.82, 2.24) is 9.13 Å². The second-order valence-electron chi connectivity index (χ2n) is 6.64. The van der Waals surface area contributed by atoms with Crippen LogP contribution < -0.4 is 21.3 Å². The minimum absolute atomic E-state index is 0.216. The monoisotopic (exact) mass is 391 g/mol. The summed E-state index contributed by atoms with van der Waals surface area (Å²) in [5.41, 5.74) is 1.50. The number of rotatable bonds is 5. The van der Waals surface area contributed by atoms with Crippen LogP contribution in [0.1, 0.15) is 6.92 Å². The van der Waals surface area contributed by atoms with Crippen LogP contribution >= 0.6 is 0 Å². The molecule has 148 valence electrons. The van der Waals surface area contributed by atoms with E-state index in [4.69, 9.17) is 9.15 Å². The lowest BCUT2D eigenvalue weighted by atomic mass is 10.0. The minimum atomic E-state index is -0.447. The van der Waals surface area contributed by atoms with E-state index in [0.717, 1.165) is 15.8 Å². The molecule has 0 amide bonds. The lowest BCUT2D eigenvalue weighted by molar-refractivity contribution is 0.340. The van der Waals surface area contributed by atoms with Crippen molar-refractivity contribution in [2.24, 2.45) is 14.1 Å². The summed E-state index contributed by atoms with van der Waals surface area (Å²) >= 11 is 0. The van der Waals surface area contributed by atoms with Gasteiger partial charge in [0.05, 0.1) is 12.2 Å². The Bertz CT molecular complexity index is 1300. The molecule has 0 saturated carbocycles. The van der Waals surface area contributed by atoms with Gasteiger partial charge in [-0.3, -0.25) is 13.9 Å². The number of anilines is 2. The Kier molecular flexibility index (Phi) is 4.72. The van der Waals surface area contributed by atoms with E-state index in [1.165, 1.54) is 11.6 Å².